The van der Waals surface area contributed by atoms with Crippen molar-refractivity contribution in [3.05, 3.63) is 111 Å². The number of aryl methyl sites for hydroxylation is 1. The van der Waals surface area contributed by atoms with Gasteiger partial charge in [-0.1, -0.05) is 57.9 Å². The third-order valence-corrected chi connectivity index (χ3v) is 8.31. The standard InChI is InChI=1S/C27H24BrClN4O3S/c1-19-16-21(20(2)33(19)23-14-12-22(28)13-15-23)17-30-31-27(34)18-32(26-11-7-6-10-25(26)29)37(35,36)24-8-4-3-5-9-24/h3-17H,18H2,1-2H3,(H,31,34)/b30-17-. The average Bonchev–Trinajstić information content (AvgIpc) is 3.17. The Morgan fingerprint density at radius 1 is 1.03 bits per heavy atom. The Morgan fingerprint density at radius 2 is 1.68 bits per heavy atom. The number of hydrogen-bond acceptors (Lipinski definition) is 4. The Labute approximate surface area is 229 Å². The summed E-state index contributed by atoms with van der Waals surface area (Å²) in [5.74, 6) is -0.614. The molecule has 1 aromatic heterocycles. The van der Waals surface area contributed by atoms with Gasteiger partial charge in [-0.3, -0.25) is 9.10 Å². The molecule has 10 heteroatoms. The molecule has 37 heavy (non-hydrogen) atoms. The van der Waals surface area contributed by atoms with Crippen molar-refractivity contribution in [3.63, 3.8) is 0 Å². The molecule has 1 amide bonds. The number of amides is 1. The lowest BCUT2D eigenvalue weighted by Gasteiger charge is -2.24. The van der Waals surface area contributed by atoms with Crippen molar-refractivity contribution < 1.29 is 13.2 Å². The largest absolute Gasteiger partial charge is 0.318 e. The third-order valence-electron chi connectivity index (χ3n) is 5.69. The van der Waals surface area contributed by atoms with Crippen LogP contribution in [-0.4, -0.2) is 31.7 Å². The molecule has 0 radical (unpaired) electrons. The SMILES string of the molecule is Cc1cc(/C=N\NC(=O)CN(c2ccccc2Cl)S(=O)(=O)c2ccccc2)c(C)n1-c1ccc(Br)cc1. The van der Waals surface area contributed by atoms with Crippen LogP contribution < -0.4 is 9.73 Å². The van der Waals surface area contributed by atoms with Crippen LogP contribution in [0.25, 0.3) is 5.69 Å². The van der Waals surface area contributed by atoms with Crippen LogP contribution in [0.5, 0.6) is 0 Å². The minimum Gasteiger partial charge on any atom is -0.318 e. The van der Waals surface area contributed by atoms with E-state index in [0.29, 0.717) is 0 Å². The molecular formula is C27H24BrClN4O3S. The van der Waals surface area contributed by atoms with Crippen molar-refractivity contribution in [1.29, 1.82) is 0 Å². The lowest BCUT2D eigenvalue weighted by atomic mass is 10.2. The number of aromatic nitrogens is 1. The highest BCUT2D eigenvalue weighted by atomic mass is 79.9. The summed E-state index contributed by atoms with van der Waals surface area (Å²) in [6, 6.07) is 24.3. The molecule has 1 N–H and O–H groups in total. The highest BCUT2D eigenvalue weighted by Gasteiger charge is 2.28. The second kappa shape index (κ2) is 11.3. The van der Waals surface area contributed by atoms with Crippen molar-refractivity contribution >= 4 is 55.4 Å². The van der Waals surface area contributed by atoms with E-state index in [2.05, 4.69) is 31.0 Å². The van der Waals surface area contributed by atoms with E-state index >= 15 is 0 Å². The molecule has 0 aliphatic carbocycles. The maximum atomic E-state index is 13.4. The molecule has 0 unspecified atom stereocenters. The van der Waals surface area contributed by atoms with Crippen LogP contribution >= 0.6 is 27.5 Å². The van der Waals surface area contributed by atoms with Gasteiger partial charge in [-0.15, -0.1) is 0 Å². The molecule has 0 aliphatic heterocycles. The van der Waals surface area contributed by atoms with E-state index in [4.69, 9.17) is 11.6 Å². The number of nitrogens with one attached hydrogen (secondary N) is 1. The zero-order valence-electron chi connectivity index (χ0n) is 20.1. The number of rotatable bonds is 8. The fourth-order valence-corrected chi connectivity index (χ4v) is 5.93. The summed E-state index contributed by atoms with van der Waals surface area (Å²) in [6.07, 6.45) is 1.54. The second-order valence-electron chi connectivity index (χ2n) is 8.21. The first kappa shape index (κ1) is 26.7. The van der Waals surface area contributed by atoms with Crippen LogP contribution in [0.1, 0.15) is 17.0 Å². The Morgan fingerprint density at radius 3 is 2.35 bits per heavy atom. The smallest absolute Gasteiger partial charge is 0.264 e. The van der Waals surface area contributed by atoms with Gasteiger partial charge in [-0.2, -0.15) is 5.10 Å². The normalized spacial score (nSPS) is 11.6. The Balaban J connectivity index is 1.55. The molecule has 4 aromatic rings. The molecule has 0 bridgehead atoms. The highest BCUT2D eigenvalue weighted by Crippen LogP contribution is 2.30. The van der Waals surface area contributed by atoms with Crippen LogP contribution in [0.4, 0.5) is 5.69 Å². The number of sulfonamides is 1. The van der Waals surface area contributed by atoms with Gasteiger partial charge in [0.1, 0.15) is 6.54 Å². The van der Waals surface area contributed by atoms with E-state index in [1.807, 2.05) is 44.2 Å². The number of halogens is 2. The Hall–Kier alpha value is -3.40. The number of carbonyl (C=O) groups excluding carboxylic acids is 1. The van der Waals surface area contributed by atoms with Gasteiger partial charge < -0.3 is 4.57 Å². The molecule has 190 valence electrons. The van der Waals surface area contributed by atoms with Crippen molar-refractivity contribution in [3.8, 4) is 5.69 Å². The van der Waals surface area contributed by atoms with Gasteiger partial charge in [0.05, 0.1) is 21.8 Å². The molecule has 4 rings (SSSR count). The molecular weight excluding hydrogens is 576 g/mol. The van der Waals surface area contributed by atoms with Gasteiger partial charge in [0.25, 0.3) is 15.9 Å². The Bertz CT molecular complexity index is 1550. The number of hydrazone groups is 1. The third kappa shape index (κ3) is 5.95. The molecule has 1 heterocycles. The molecule has 0 saturated heterocycles. The lowest BCUT2D eigenvalue weighted by Crippen LogP contribution is -2.39. The maximum absolute atomic E-state index is 13.4. The predicted molar refractivity (Wildman–Crippen MR) is 151 cm³/mol. The topological polar surface area (TPSA) is 83.8 Å². The van der Waals surface area contributed by atoms with E-state index in [1.54, 1.807) is 48.7 Å². The summed E-state index contributed by atoms with van der Waals surface area (Å²) in [4.78, 5) is 12.9. The van der Waals surface area contributed by atoms with Gasteiger partial charge in [0.2, 0.25) is 0 Å². The van der Waals surface area contributed by atoms with Gasteiger partial charge in [0.15, 0.2) is 0 Å². The summed E-state index contributed by atoms with van der Waals surface area (Å²) < 4.78 is 30.9. The average molecular weight is 600 g/mol. The fraction of sp³-hybridized carbons (Fsp3) is 0.111. The lowest BCUT2D eigenvalue weighted by molar-refractivity contribution is -0.119. The zero-order chi connectivity index (χ0) is 26.6. The first-order valence-electron chi connectivity index (χ1n) is 11.3. The van der Waals surface area contributed by atoms with E-state index in [1.165, 1.54) is 12.1 Å². The Kier molecular flexibility index (Phi) is 8.16. The monoisotopic (exact) mass is 598 g/mol. The maximum Gasteiger partial charge on any atom is 0.264 e. The molecule has 3 aromatic carbocycles. The fourth-order valence-electron chi connectivity index (χ4n) is 3.92. The molecule has 0 aliphatic rings. The molecule has 0 fully saturated rings. The highest BCUT2D eigenvalue weighted by molar-refractivity contribution is 9.10. The van der Waals surface area contributed by atoms with E-state index in [-0.39, 0.29) is 15.6 Å². The van der Waals surface area contributed by atoms with Gasteiger partial charge in [-0.05, 0) is 68.4 Å². The van der Waals surface area contributed by atoms with Gasteiger partial charge >= 0.3 is 0 Å². The van der Waals surface area contributed by atoms with Crippen LogP contribution in [0.15, 0.2) is 99.4 Å². The van der Waals surface area contributed by atoms with Crippen LogP contribution in [0, 0.1) is 13.8 Å². The van der Waals surface area contributed by atoms with E-state index in [0.717, 1.165) is 31.4 Å². The molecule has 0 saturated carbocycles. The summed E-state index contributed by atoms with van der Waals surface area (Å²) in [5, 5.41) is 4.30. The van der Waals surface area contributed by atoms with E-state index < -0.39 is 22.5 Å². The zero-order valence-corrected chi connectivity index (χ0v) is 23.3. The van der Waals surface area contributed by atoms with Crippen molar-refractivity contribution in [2.75, 3.05) is 10.8 Å². The van der Waals surface area contributed by atoms with Crippen molar-refractivity contribution in [2.45, 2.75) is 18.7 Å². The first-order valence-corrected chi connectivity index (χ1v) is 13.9. The quantitative estimate of drug-likeness (QED) is 0.204. The number of benzene rings is 3. The summed E-state index contributed by atoms with van der Waals surface area (Å²) in [7, 11) is -4.06. The van der Waals surface area contributed by atoms with Crippen molar-refractivity contribution in [2.24, 2.45) is 5.10 Å². The van der Waals surface area contributed by atoms with Gasteiger partial charge in [0, 0.05) is 27.1 Å². The minimum atomic E-state index is -4.06. The molecule has 7 nitrogen and oxygen atoms in total. The number of para-hydroxylation sites is 1. The summed E-state index contributed by atoms with van der Waals surface area (Å²) in [6.45, 7) is 3.45. The minimum absolute atomic E-state index is 0.0478. The number of hydrogen-bond donors (Lipinski definition) is 1. The van der Waals surface area contributed by atoms with Crippen LogP contribution in [0.2, 0.25) is 5.02 Å². The van der Waals surface area contributed by atoms with Crippen LogP contribution in [-0.2, 0) is 14.8 Å². The summed E-state index contributed by atoms with van der Waals surface area (Å²) >= 11 is 9.75. The van der Waals surface area contributed by atoms with E-state index in [9.17, 15) is 13.2 Å². The summed E-state index contributed by atoms with van der Waals surface area (Å²) in [5.41, 5.74) is 6.42. The molecule has 0 atom stereocenters. The first-order chi connectivity index (χ1) is 17.7. The number of nitrogens with zero attached hydrogens (tertiary/aromatic N) is 3. The second-order valence-corrected chi connectivity index (χ2v) is 11.4. The number of anilines is 1. The van der Waals surface area contributed by atoms with Crippen molar-refractivity contribution in [1.82, 2.24) is 9.99 Å². The van der Waals surface area contributed by atoms with Gasteiger partial charge in [-0.25, -0.2) is 13.8 Å². The predicted octanol–water partition coefficient (Wildman–Crippen LogP) is 5.86. The number of carbonyl (C=O) groups is 1. The molecule has 0 spiro atoms. The van der Waals surface area contributed by atoms with Crippen LogP contribution in [0.3, 0.4) is 0 Å².